The van der Waals surface area contributed by atoms with E-state index in [9.17, 15) is 9.59 Å². The van der Waals surface area contributed by atoms with E-state index in [4.69, 9.17) is 11.6 Å². The third kappa shape index (κ3) is 5.84. The molecule has 0 radical (unpaired) electrons. The van der Waals surface area contributed by atoms with E-state index in [-0.39, 0.29) is 24.7 Å². The molecule has 0 aliphatic heterocycles. The average Bonchev–Trinajstić information content (AvgIpc) is 3.00. The lowest BCUT2D eigenvalue weighted by molar-refractivity contribution is -0.120. The number of anilines is 1. The number of hydrazone groups is 1. The third-order valence-corrected chi connectivity index (χ3v) is 4.06. The van der Waals surface area contributed by atoms with Gasteiger partial charge in [-0.05, 0) is 30.5 Å². The Morgan fingerprint density at radius 2 is 1.96 bits per heavy atom. The van der Waals surface area contributed by atoms with Crippen LogP contribution in [0, 0.1) is 0 Å². The van der Waals surface area contributed by atoms with Gasteiger partial charge in [-0.1, -0.05) is 29.8 Å². The lowest BCUT2D eigenvalue weighted by atomic mass is 10.2. The van der Waals surface area contributed by atoms with Gasteiger partial charge in [-0.2, -0.15) is 5.10 Å². The molecule has 0 atom stereocenters. The number of carbonyl (C=O) groups is 2. The van der Waals surface area contributed by atoms with Gasteiger partial charge in [0.2, 0.25) is 11.8 Å². The number of halogens is 1. The average molecular weight is 350 g/mol. The van der Waals surface area contributed by atoms with Crippen LogP contribution in [0.1, 0.15) is 18.2 Å². The van der Waals surface area contributed by atoms with Crippen LogP contribution in [0.2, 0.25) is 5.02 Å². The van der Waals surface area contributed by atoms with Crippen molar-refractivity contribution in [3.8, 4) is 0 Å². The fourth-order valence-corrected chi connectivity index (χ4v) is 2.68. The van der Waals surface area contributed by atoms with Crippen molar-refractivity contribution in [1.29, 1.82) is 0 Å². The summed E-state index contributed by atoms with van der Waals surface area (Å²) in [5, 5.41) is 9.02. The first kappa shape index (κ1) is 17.2. The lowest BCUT2D eigenvalue weighted by Gasteiger charge is -2.07. The largest absolute Gasteiger partial charge is 0.324 e. The Morgan fingerprint density at radius 1 is 1.17 bits per heavy atom. The smallest absolute Gasteiger partial charge is 0.245 e. The molecule has 0 bridgehead atoms. The zero-order chi connectivity index (χ0) is 16.7. The first-order valence-corrected chi connectivity index (χ1v) is 8.19. The van der Waals surface area contributed by atoms with Gasteiger partial charge in [-0.15, -0.1) is 11.3 Å². The lowest BCUT2D eigenvalue weighted by Crippen LogP contribution is -2.22. The van der Waals surface area contributed by atoms with Crippen molar-refractivity contribution in [2.45, 2.75) is 19.8 Å². The Morgan fingerprint density at radius 3 is 2.65 bits per heavy atom. The van der Waals surface area contributed by atoms with E-state index >= 15 is 0 Å². The molecule has 7 heteroatoms. The highest BCUT2D eigenvalue weighted by molar-refractivity contribution is 7.10. The molecule has 23 heavy (non-hydrogen) atoms. The van der Waals surface area contributed by atoms with Gasteiger partial charge in [0.1, 0.15) is 0 Å². The maximum atomic E-state index is 11.9. The fraction of sp³-hybridized carbons (Fsp3) is 0.188. The van der Waals surface area contributed by atoms with E-state index < -0.39 is 0 Å². The summed E-state index contributed by atoms with van der Waals surface area (Å²) in [6, 6.07) is 10.8. The first-order valence-electron chi connectivity index (χ1n) is 6.93. The highest BCUT2D eigenvalue weighted by atomic mass is 35.5. The Kier molecular flexibility index (Phi) is 6.31. The second-order valence-corrected chi connectivity index (χ2v) is 6.28. The Labute approximate surface area is 143 Å². The molecule has 2 rings (SSSR count). The molecule has 1 heterocycles. The van der Waals surface area contributed by atoms with Crippen LogP contribution in [0.4, 0.5) is 5.69 Å². The van der Waals surface area contributed by atoms with Crippen LogP contribution >= 0.6 is 22.9 Å². The standard InChI is InChI=1S/C16H16ClN3O2S/c1-11(19-20-16(22)10-12-5-4-8-23-12)9-15(21)18-14-7-3-2-6-13(14)17/h2-8H,9-10H2,1H3,(H,18,21)(H,20,22)/b19-11-. The topological polar surface area (TPSA) is 70.6 Å². The molecule has 1 aromatic heterocycles. The minimum absolute atomic E-state index is 0.0739. The van der Waals surface area contributed by atoms with Gasteiger partial charge < -0.3 is 5.32 Å². The summed E-state index contributed by atoms with van der Waals surface area (Å²) in [6.07, 6.45) is 0.352. The molecule has 2 N–H and O–H groups in total. The number of thiophene rings is 1. The summed E-state index contributed by atoms with van der Waals surface area (Å²) >= 11 is 7.49. The Balaban J connectivity index is 1.81. The van der Waals surface area contributed by atoms with Crippen molar-refractivity contribution in [3.63, 3.8) is 0 Å². The minimum atomic E-state index is -0.244. The van der Waals surface area contributed by atoms with Crippen molar-refractivity contribution in [3.05, 3.63) is 51.7 Å². The van der Waals surface area contributed by atoms with Crippen molar-refractivity contribution in [1.82, 2.24) is 5.43 Å². The summed E-state index contributed by atoms with van der Waals surface area (Å²) in [6.45, 7) is 1.68. The highest BCUT2D eigenvalue weighted by Crippen LogP contribution is 2.20. The molecule has 0 fully saturated rings. The second kappa shape index (κ2) is 8.45. The van der Waals surface area contributed by atoms with Crippen molar-refractivity contribution in [2.75, 3.05) is 5.32 Å². The zero-order valence-electron chi connectivity index (χ0n) is 12.5. The van der Waals surface area contributed by atoms with Crippen LogP contribution in [0.25, 0.3) is 0 Å². The van der Waals surface area contributed by atoms with Gasteiger partial charge in [0.25, 0.3) is 0 Å². The van der Waals surface area contributed by atoms with Crippen LogP contribution in [-0.2, 0) is 16.0 Å². The molecule has 5 nitrogen and oxygen atoms in total. The van der Waals surface area contributed by atoms with Gasteiger partial charge in [0.15, 0.2) is 0 Å². The summed E-state index contributed by atoms with van der Waals surface area (Å²) in [7, 11) is 0. The number of benzene rings is 1. The molecule has 0 saturated carbocycles. The summed E-state index contributed by atoms with van der Waals surface area (Å²) in [5.74, 6) is -0.454. The molecule has 120 valence electrons. The highest BCUT2D eigenvalue weighted by Gasteiger charge is 2.08. The molecule has 2 amide bonds. The van der Waals surface area contributed by atoms with Gasteiger partial charge >= 0.3 is 0 Å². The Hall–Kier alpha value is -2.18. The van der Waals surface area contributed by atoms with Crippen molar-refractivity contribution < 1.29 is 9.59 Å². The van der Waals surface area contributed by atoms with Crippen LogP contribution < -0.4 is 10.7 Å². The molecule has 0 aliphatic rings. The number of hydrogen-bond acceptors (Lipinski definition) is 4. The quantitative estimate of drug-likeness (QED) is 0.619. The number of carbonyl (C=O) groups excluding carboxylic acids is 2. The maximum Gasteiger partial charge on any atom is 0.245 e. The number of hydrogen-bond donors (Lipinski definition) is 2. The second-order valence-electron chi connectivity index (χ2n) is 4.84. The molecule has 0 spiro atoms. The van der Waals surface area contributed by atoms with Crippen LogP contribution in [0.3, 0.4) is 0 Å². The monoisotopic (exact) mass is 349 g/mol. The number of rotatable bonds is 6. The van der Waals surface area contributed by atoms with Crippen LogP contribution in [-0.4, -0.2) is 17.5 Å². The molecular weight excluding hydrogens is 334 g/mol. The predicted octanol–water partition coefficient (Wildman–Crippen LogP) is 3.46. The van der Waals surface area contributed by atoms with E-state index in [1.54, 1.807) is 31.2 Å². The van der Waals surface area contributed by atoms with E-state index in [0.717, 1.165) is 4.88 Å². The van der Waals surface area contributed by atoms with E-state index in [0.29, 0.717) is 16.4 Å². The molecule has 0 saturated heterocycles. The Bertz CT molecular complexity index is 714. The first-order chi connectivity index (χ1) is 11.0. The molecule has 1 aromatic carbocycles. The normalized spacial score (nSPS) is 11.1. The van der Waals surface area contributed by atoms with Crippen LogP contribution in [0.5, 0.6) is 0 Å². The number of para-hydroxylation sites is 1. The summed E-state index contributed by atoms with van der Waals surface area (Å²) in [5.41, 5.74) is 3.51. The molecule has 0 unspecified atom stereocenters. The number of nitrogens with zero attached hydrogens (tertiary/aromatic N) is 1. The number of nitrogens with one attached hydrogen (secondary N) is 2. The van der Waals surface area contributed by atoms with E-state index in [2.05, 4.69) is 15.8 Å². The number of amides is 2. The minimum Gasteiger partial charge on any atom is -0.324 e. The van der Waals surface area contributed by atoms with E-state index in [1.807, 2.05) is 17.5 Å². The van der Waals surface area contributed by atoms with Crippen LogP contribution in [0.15, 0.2) is 46.9 Å². The molecule has 2 aromatic rings. The van der Waals surface area contributed by atoms with Gasteiger partial charge in [0.05, 0.1) is 23.6 Å². The summed E-state index contributed by atoms with van der Waals surface area (Å²) < 4.78 is 0. The van der Waals surface area contributed by atoms with Gasteiger partial charge in [0, 0.05) is 10.6 Å². The van der Waals surface area contributed by atoms with Gasteiger partial charge in [-0.3, -0.25) is 9.59 Å². The SMILES string of the molecule is C/C(CC(=O)Nc1ccccc1Cl)=N/NC(=O)Cc1cccs1. The van der Waals surface area contributed by atoms with E-state index in [1.165, 1.54) is 11.3 Å². The zero-order valence-corrected chi connectivity index (χ0v) is 14.1. The fourth-order valence-electron chi connectivity index (χ4n) is 1.80. The van der Waals surface area contributed by atoms with Crippen molar-refractivity contribution in [2.24, 2.45) is 5.10 Å². The summed E-state index contributed by atoms with van der Waals surface area (Å²) in [4.78, 5) is 24.6. The predicted molar refractivity (Wildman–Crippen MR) is 94.0 cm³/mol. The molecule has 0 aliphatic carbocycles. The molecular formula is C16H16ClN3O2S. The maximum absolute atomic E-state index is 11.9. The van der Waals surface area contributed by atoms with Crippen molar-refractivity contribution >= 4 is 46.2 Å². The third-order valence-electron chi connectivity index (χ3n) is 2.85. The van der Waals surface area contributed by atoms with Gasteiger partial charge in [-0.25, -0.2) is 5.43 Å².